The number of hydrogen-bond donors (Lipinski definition) is 0. The van der Waals surface area contributed by atoms with E-state index in [9.17, 15) is 4.39 Å². The molecule has 172 valence electrons. The first-order valence-electron chi connectivity index (χ1n) is 10.8. The zero-order valence-electron chi connectivity index (χ0n) is 19.3. The van der Waals surface area contributed by atoms with Crippen LogP contribution in [0.25, 0.3) is 17.5 Å². The molecule has 0 amide bonds. The normalized spacial score (nSPS) is 12.5. The largest absolute Gasteiger partial charge is 0.482 e. The molecule has 0 spiro atoms. The van der Waals surface area contributed by atoms with Gasteiger partial charge in [0.1, 0.15) is 11.6 Å². The molecule has 0 saturated heterocycles. The summed E-state index contributed by atoms with van der Waals surface area (Å²) in [5, 5.41) is 8.11. The van der Waals surface area contributed by atoms with Gasteiger partial charge in [-0.05, 0) is 43.7 Å². The third kappa shape index (κ3) is 5.94. The van der Waals surface area contributed by atoms with Gasteiger partial charge in [0.2, 0.25) is 11.7 Å². The molecule has 0 saturated carbocycles. The Kier molecular flexibility index (Phi) is 7.77. The number of benzene rings is 2. The van der Waals surface area contributed by atoms with Gasteiger partial charge in [-0.15, -0.1) is 0 Å². The van der Waals surface area contributed by atoms with Crippen LogP contribution in [-0.4, -0.2) is 22.0 Å². The highest BCUT2D eigenvalue weighted by atomic mass is 19.1. The van der Waals surface area contributed by atoms with Gasteiger partial charge in [0.25, 0.3) is 0 Å². The summed E-state index contributed by atoms with van der Waals surface area (Å²) < 4.78 is 25.3. The van der Waals surface area contributed by atoms with E-state index in [-0.39, 0.29) is 11.7 Å². The zero-order chi connectivity index (χ0) is 24.0. The van der Waals surface area contributed by atoms with E-state index in [0.717, 1.165) is 5.56 Å². The van der Waals surface area contributed by atoms with Gasteiger partial charge in [0, 0.05) is 22.6 Å². The average Bonchev–Trinajstić information content (AvgIpc) is 3.32. The van der Waals surface area contributed by atoms with Crippen LogP contribution < -0.4 is 4.74 Å². The Morgan fingerprint density at radius 2 is 1.94 bits per heavy atom. The van der Waals surface area contributed by atoms with E-state index in [1.165, 1.54) is 12.1 Å². The van der Waals surface area contributed by atoms with E-state index in [1.807, 2.05) is 45.0 Å². The molecule has 7 heteroatoms. The van der Waals surface area contributed by atoms with Crippen molar-refractivity contribution in [2.24, 2.45) is 5.16 Å². The summed E-state index contributed by atoms with van der Waals surface area (Å²) in [6.07, 6.45) is 1.68. The predicted octanol–water partition coefficient (Wildman–Crippen LogP) is 6.75. The predicted molar refractivity (Wildman–Crippen MR) is 127 cm³/mol. The summed E-state index contributed by atoms with van der Waals surface area (Å²) in [4.78, 5) is 9.89. The molecule has 0 aliphatic heterocycles. The van der Waals surface area contributed by atoms with Gasteiger partial charge in [-0.25, -0.2) is 4.39 Å². The monoisotopic (exact) mass is 449 g/mol. The summed E-state index contributed by atoms with van der Waals surface area (Å²) in [6.45, 7) is 15.2. The molecule has 0 fully saturated rings. The Bertz CT molecular complexity index is 1150. The van der Waals surface area contributed by atoms with E-state index in [1.54, 1.807) is 19.1 Å². The van der Waals surface area contributed by atoms with Crippen molar-refractivity contribution in [3.63, 3.8) is 0 Å². The Hall–Kier alpha value is -3.74. The summed E-state index contributed by atoms with van der Waals surface area (Å²) in [5.41, 5.74) is 2.39. The molecule has 3 aromatic rings. The molecule has 0 bridgehead atoms. The quantitative estimate of drug-likeness (QED) is 0.194. The van der Waals surface area contributed by atoms with E-state index >= 15 is 0 Å². The third-order valence-electron chi connectivity index (χ3n) is 4.99. The number of nitrogens with zero attached hydrogens (tertiary/aromatic N) is 3. The van der Waals surface area contributed by atoms with Crippen molar-refractivity contribution in [3.8, 4) is 17.1 Å². The molecule has 1 aromatic heterocycles. The van der Waals surface area contributed by atoms with Crippen LogP contribution in [0, 0.1) is 5.82 Å². The number of ether oxygens (including phenoxy) is 1. The van der Waals surface area contributed by atoms with Crippen LogP contribution in [0.15, 0.2) is 71.1 Å². The van der Waals surface area contributed by atoms with Crippen LogP contribution in [0.3, 0.4) is 0 Å². The van der Waals surface area contributed by atoms with Gasteiger partial charge in [-0.3, -0.25) is 0 Å². The number of hydrogen-bond acceptors (Lipinski definition) is 6. The van der Waals surface area contributed by atoms with Gasteiger partial charge < -0.3 is 14.1 Å². The minimum Gasteiger partial charge on any atom is -0.482 e. The highest BCUT2D eigenvalue weighted by molar-refractivity contribution is 5.98. The summed E-state index contributed by atoms with van der Waals surface area (Å²) in [6, 6.07) is 12.2. The minimum atomic E-state index is -0.412. The smallest absolute Gasteiger partial charge is 0.229 e. The number of oxime groups is 1. The second kappa shape index (κ2) is 10.7. The second-order valence-electron chi connectivity index (χ2n) is 7.82. The standard InChI is InChI=1S/C26H28FN3O3/c1-7-19-9-10-21(15-23(19)27)17(5)29-32-18(6)24(8-2)31-22-13-11-20(12-14-22)25-28-26(16(3)4)33-30-25/h7,9-16,24H,1,6,8H2,2-5H3/b29-17+. The molecule has 0 aliphatic rings. The molecular formula is C26H28FN3O3. The fourth-order valence-corrected chi connectivity index (χ4v) is 2.97. The van der Waals surface area contributed by atoms with Crippen molar-refractivity contribution in [1.29, 1.82) is 0 Å². The first-order valence-corrected chi connectivity index (χ1v) is 10.8. The van der Waals surface area contributed by atoms with Crippen LogP contribution in [0.2, 0.25) is 0 Å². The van der Waals surface area contributed by atoms with Crippen molar-refractivity contribution in [2.45, 2.75) is 46.1 Å². The molecule has 1 unspecified atom stereocenters. The summed E-state index contributed by atoms with van der Waals surface area (Å²) in [7, 11) is 0. The van der Waals surface area contributed by atoms with Crippen molar-refractivity contribution in [1.82, 2.24) is 10.1 Å². The lowest BCUT2D eigenvalue weighted by Crippen LogP contribution is -2.19. The zero-order valence-corrected chi connectivity index (χ0v) is 19.3. The molecular weight excluding hydrogens is 421 g/mol. The first kappa shape index (κ1) is 23.9. The Morgan fingerprint density at radius 1 is 1.21 bits per heavy atom. The van der Waals surface area contributed by atoms with Gasteiger partial charge >= 0.3 is 0 Å². The lowest BCUT2D eigenvalue weighted by molar-refractivity contribution is 0.121. The van der Waals surface area contributed by atoms with E-state index < -0.39 is 6.10 Å². The van der Waals surface area contributed by atoms with Crippen molar-refractivity contribution in [3.05, 3.63) is 84.2 Å². The van der Waals surface area contributed by atoms with Crippen molar-refractivity contribution >= 4 is 11.8 Å². The van der Waals surface area contributed by atoms with Gasteiger partial charge in [-0.2, -0.15) is 4.98 Å². The summed E-state index contributed by atoms with van der Waals surface area (Å²) in [5.74, 6) is 1.93. The first-order chi connectivity index (χ1) is 15.8. The molecule has 6 nitrogen and oxygen atoms in total. The van der Waals surface area contributed by atoms with Crippen LogP contribution in [0.4, 0.5) is 4.39 Å². The molecule has 2 aromatic carbocycles. The molecule has 0 radical (unpaired) electrons. The fraction of sp³-hybridized carbons (Fsp3) is 0.269. The molecule has 33 heavy (non-hydrogen) atoms. The molecule has 3 rings (SSSR count). The van der Waals surface area contributed by atoms with Crippen molar-refractivity contribution < 1.29 is 18.5 Å². The number of halogens is 1. The summed E-state index contributed by atoms with van der Waals surface area (Å²) >= 11 is 0. The SMILES string of the molecule is C=Cc1ccc(/C(C)=N/OC(=C)C(CC)Oc2ccc(-c3noc(C(C)C)n3)cc2)cc1F. The Labute approximate surface area is 193 Å². The minimum absolute atomic E-state index is 0.169. The number of aromatic nitrogens is 2. The van der Waals surface area contributed by atoms with Gasteiger partial charge in [-0.1, -0.05) is 62.5 Å². The van der Waals surface area contributed by atoms with Crippen LogP contribution in [0.1, 0.15) is 57.1 Å². The maximum atomic E-state index is 14.0. The van der Waals surface area contributed by atoms with E-state index in [0.29, 0.717) is 46.5 Å². The Morgan fingerprint density at radius 3 is 2.52 bits per heavy atom. The molecule has 1 heterocycles. The van der Waals surface area contributed by atoms with Gasteiger partial charge in [0.05, 0.1) is 5.71 Å². The van der Waals surface area contributed by atoms with E-state index in [2.05, 4.69) is 28.5 Å². The third-order valence-corrected chi connectivity index (χ3v) is 4.99. The maximum absolute atomic E-state index is 14.0. The topological polar surface area (TPSA) is 69.7 Å². The maximum Gasteiger partial charge on any atom is 0.229 e. The van der Waals surface area contributed by atoms with Crippen LogP contribution in [0.5, 0.6) is 5.75 Å². The van der Waals surface area contributed by atoms with Crippen molar-refractivity contribution in [2.75, 3.05) is 0 Å². The van der Waals surface area contributed by atoms with Crippen LogP contribution >= 0.6 is 0 Å². The van der Waals surface area contributed by atoms with E-state index in [4.69, 9.17) is 14.1 Å². The van der Waals surface area contributed by atoms with Crippen LogP contribution in [-0.2, 0) is 4.84 Å². The second-order valence-corrected chi connectivity index (χ2v) is 7.82. The highest BCUT2D eigenvalue weighted by Crippen LogP contribution is 2.24. The Balaban J connectivity index is 1.63. The average molecular weight is 450 g/mol. The molecule has 1 atom stereocenters. The molecule has 0 N–H and O–H groups in total. The lowest BCUT2D eigenvalue weighted by atomic mass is 10.1. The lowest BCUT2D eigenvalue weighted by Gasteiger charge is -2.18. The van der Waals surface area contributed by atoms with Gasteiger partial charge in [0.15, 0.2) is 11.9 Å². The molecule has 0 aliphatic carbocycles. The fourth-order valence-electron chi connectivity index (χ4n) is 2.97. The highest BCUT2D eigenvalue weighted by Gasteiger charge is 2.16. The number of rotatable bonds is 10.